The standard InChI is InChI=1S/C18H17N5O3/c1-3-26-18(25)15-17(23-9-8-11(2)10-14(23)20-15)22-21-13-6-4-12(5-7-13)16(19)24/h4-10H,3H2,1-2H3,(H2,19,24). The molecule has 0 spiro atoms. The van der Waals surface area contributed by atoms with Crippen LogP contribution in [0.25, 0.3) is 5.65 Å². The molecule has 0 aliphatic heterocycles. The van der Waals surface area contributed by atoms with E-state index in [9.17, 15) is 9.59 Å². The van der Waals surface area contributed by atoms with Crippen LogP contribution in [0.1, 0.15) is 33.3 Å². The molecule has 3 rings (SSSR count). The van der Waals surface area contributed by atoms with Gasteiger partial charge in [0.2, 0.25) is 5.91 Å². The molecule has 0 aliphatic rings. The summed E-state index contributed by atoms with van der Waals surface area (Å²) >= 11 is 0. The zero-order valence-electron chi connectivity index (χ0n) is 14.3. The first-order valence-corrected chi connectivity index (χ1v) is 7.97. The lowest BCUT2D eigenvalue weighted by Crippen LogP contribution is -2.10. The van der Waals surface area contributed by atoms with Crippen LogP contribution in [0.5, 0.6) is 0 Å². The summed E-state index contributed by atoms with van der Waals surface area (Å²) in [6.45, 7) is 3.89. The molecule has 0 atom stereocenters. The number of aromatic nitrogens is 2. The van der Waals surface area contributed by atoms with Gasteiger partial charge in [-0.25, -0.2) is 9.78 Å². The van der Waals surface area contributed by atoms with Crippen LogP contribution < -0.4 is 5.73 Å². The first-order valence-electron chi connectivity index (χ1n) is 7.97. The fourth-order valence-corrected chi connectivity index (χ4v) is 2.36. The van der Waals surface area contributed by atoms with E-state index in [0.717, 1.165) is 5.56 Å². The lowest BCUT2D eigenvalue weighted by atomic mass is 10.2. The number of pyridine rings is 1. The lowest BCUT2D eigenvalue weighted by molar-refractivity contribution is 0.0521. The van der Waals surface area contributed by atoms with Crippen molar-refractivity contribution in [1.29, 1.82) is 0 Å². The molecule has 1 aromatic carbocycles. The summed E-state index contributed by atoms with van der Waals surface area (Å²) in [5.41, 5.74) is 7.77. The maximum Gasteiger partial charge on any atom is 0.360 e. The van der Waals surface area contributed by atoms with Crippen LogP contribution in [-0.2, 0) is 4.74 Å². The van der Waals surface area contributed by atoms with Gasteiger partial charge in [-0.2, -0.15) is 0 Å². The quantitative estimate of drug-likeness (QED) is 0.561. The monoisotopic (exact) mass is 351 g/mol. The molecule has 2 heterocycles. The predicted molar refractivity (Wildman–Crippen MR) is 95.0 cm³/mol. The number of carbonyl (C=O) groups is 2. The van der Waals surface area contributed by atoms with Gasteiger partial charge in [0.1, 0.15) is 5.65 Å². The van der Waals surface area contributed by atoms with E-state index < -0.39 is 11.9 Å². The maximum absolute atomic E-state index is 12.2. The van der Waals surface area contributed by atoms with E-state index in [1.54, 1.807) is 41.8 Å². The van der Waals surface area contributed by atoms with Crippen molar-refractivity contribution in [2.75, 3.05) is 6.61 Å². The molecule has 0 radical (unpaired) electrons. The molecular weight excluding hydrogens is 334 g/mol. The van der Waals surface area contributed by atoms with Gasteiger partial charge in [0.15, 0.2) is 11.5 Å². The van der Waals surface area contributed by atoms with Crippen LogP contribution in [-0.4, -0.2) is 27.9 Å². The van der Waals surface area contributed by atoms with E-state index in [0.29, 0.717) is 16.9 Å². The van der Waals surface area contributed by atoms with Crippen molar-refractivity contribution in [2.45, 2.75) is 13.8 Å². The molecule has 0 fully saturated rings. The van der Waals surface area contributed by atoms with Crippen LogP contribution in [0.15, 0.2) is 52.8 Å². The molecule has 0 saturated heterocycles. The summed E-state index contributed by atoms with van der Waals surface area (Å²) in [6, 6.07) is 10.1. The van der Waals surface area contributed by atoms with Crippen LogP contribution in [0.3, 0.4) is 0 Å². The van der Waals surface area contributed by atoms with Crippen molar-refractivity contribution in [3.05, 3.63) is 59.4 Å². The second kappa shape index (κ2) is 7.14. The molecule has 8 nitrogen and oxygen atoms in total. The van der Waals surface area contributed by atoms with Gasteiger partial charge in [-0.15, -0.1) is 10.2 Å². The number of primary amides is 1. The highest BCUT2D eigenvalue weighted by Crippen LogP contribution is 2.25. The zero-order chi connectivity index (χ0) is 18.7. The van der Waals surface area contributed by atoms with E-state index in [2.05, 4.69) is 15.2 Å². The molecule has 2 aromatic heterocycles. The van der Waals surface area contributed by atoms with Gasteiger partial charge in [-0.05, 0) is 55.8 Å². The Labute approximate surface area is 149 Å². The minimum Gasteiger partial charge on any atom is -0.461 e. The number of nitrogens with zero attached hydrogens (tertiary/aromatic N) is 4. The highest BCUT2D eigenvalue weighted by Gasteiger charge is 2.20. The highest BCUT2D eigenvalue weighted by atomic mass is 16.5. The third-order valence-electron chi connectivity index (χ3n) is 3.64. The Bertz CT molecular complexity index is 1010. The van der Waals surface area contributed by atoms with Crippen molar-refractivity contribution in [2.24, 2.45) is 16.0 Å². The third kappa shape index (κ3) is 3.44. The molecule has 2 N–H and O–H groups in total. The van der Waals surface area contributed by atoms with Gasteiger partial charge in [0.25, 0.3) is 0 Å². The van der Waals surface area contributed by atoms with E-state index in [1.807, 2.05) is 19.1 Å². The molecule has 0 bridgehead atoms. The van der Waals surface area contributed by atoms with Crippen LogP contribution >= 0.6 is 0 Å². The number of esters is 1. The Morgan fingerprint density at radius 2 is 1.92 bits per heavy atom. The fraction of sp³-hybridized carbons (Fsp3) is 0.167. The first kappa shape index (κ1) is 17.3. The molecule has 26 heavy (non-hydrogen) atoms. The first-order chi connectivity index (χ1) is 12.5. The topological polar surface area (TPSA) is 111 Å². The summed E-state index contributed by atoms with van der Waals surface area (Å²) < 4.78 is 6.72. The number of hydrogen-bond donors (Lipinski definition) is 1. The normalized spacial score (nSPS) is 11.2. The smallest absolute Gasteiger partial charge is 0.360 e. The number of hydrogen-bond acceptors (Lipinski definition) is 6. The summed E-state index contributed by atoms with van der Waals surface area (Å²) in [5.74, 6) is -0.806. The van der Waals surface area contributed by atoms with Gasteiger partial charge < -0.3 is 10.5 Å². The van der Waals surface area contributed by atoms with Crippen molar-refractivity contribution in [1.82, 2.24) is 9.38 Å². The Hall–Kier alpha value is -3.55. The Morgan fingerprint density at radius 3 is 2.58 bits per heavy atom. The SMILES string of the molecule is CCOC(=O)c1nc2cc(C)ccn2c1N=Nc1ccc(C(N)=O)cc1. The van der Waals surface area contributed by atoms with Gasteiger partial charge in [-0.3, -0.25) is 9.20 Å². The van der Waals surface area contributed by atoms with E-state index >= 15 is 0 Å². The van der Waals surface area contributed by atoms with Gasteiger partial charge >= 0.3 is 5.97 Å². The number of aryl methyl sites for hydroxylation is 1. The molecule has 0 unspecified atom stereocenters. The number of amides is 1. The number of nitrogens with two attached hydrogens (primary N) is 1. The van der Waals surface area contributed by atoms with Crippen molar-refractivity contribution in [3.8, 4) is 0 Å². The molecular formula is C18H17N5O3. The van der Waals surface area contributed by atoms with Crippen molar-refractivity contribution < 1.29 is 14.3 Å². The number of rotatable bonds is 5. The molecule has 1 amide bonds. The summed E-state index contributed by atoms with van der Waals surface area (Å²) in [6.07, 6.45) is 1.77. The molecule has 0 aliphatic carbocycles. The summed E-state index contributed by atoms with van der Waals surface area (Å²) in [4.78, 5) is 27.6. The number of azo groups is 1. The molecule has 0 saturated carbocycles. The lowest BCUT2D eigenvalue weighted by Gasteiger charge is -2.00. The number of fused-ring (bicyclic) bond motifs is 1. The average molecular weight is 351 g/mol. The van der Waals surface area contributed by atoms with Crippen molar-refractivity contribution in [3.63, 3.8) is 0 Å². The van der Waals surface area contributed by atoms with E-state index in [4.69, 9.17) is 10.5 Å². The second-order valence-corrected chi connectivity index (χ2v) is 5.55. The zero-order valence-corrected chi connectivity index (χ0v) is 14.3. The molecule has 3 aromatic rings. The third-order valence-corrected chi connectivity index (χ3v) is 3.64. The Balaban J connectivity index is 2.03. The summed E-state index contributed by atoms with van der Waals surface area (Å²) in [5, 5.41) is 8.31. The Kier molecular flexibility index (Phi) is 4.74. The Morgan fingerprint density at radius 1 is 1.19 bits per heavy atom. The number of ether oxygens (including phenoxy) is 1. The van der Waals surface area contributed by atoms with Crippen LogP contribution in [0.2, 0.25) is 0 Å². The maximum atomic E-state index is 12.2. The highest BCUT2D eigenvalue weighted by molar-refractivity contribution is 5.93. The fourth-order valence-electron chi connectivity index (χ4n) is 2.36. The second-order valence-electron chi connectivity index (χ2n) is 5.55. The van der Waals surface area contributed by atoms with Crippen LogP contribution in [0, 0.1) is 6.92 Å². The molecule has 8 heteroatoms. The number of imidazole rings is 1. The number of benzene rings is 1. The minimum atomic E-state index is -0.563. The largest absolute Gasteiger partial charge is 0.461 e. The minimum absolute atomic E-state index is 0.0926. The van der Waals surface area contributed by atoms with Gasteiger partial charge in [0, 0.05) is 11.8 Å². The molecule has 132 valence electrons. The van der Waals surface area contributed by atoms with E-state index in [1.165, 1.54) is 0 Å². The summed E-state index contributed by atoms with van der Waals surface area (Å²) in [7, 11) is 0. The van der Waals surface area contributed by atoms with Crippen molar-refractivity contribution >= 4 is 29.0 Å². The van der Waals surface area contributed by atoms with E-state index in [-0.39, 0.29) is 18.1 Å². The van der Waals surface area contributed by atoms with Crippen LogP contribution in [0.4, 0.5) is 11.5 Å². The van der Waals surface area contributed by atoms with Gasteiger partial charge in [-0.1, -0.05) is 0 Å². The predicted octanol–water partition coefficient (Wildman–Crippen LogP) is 3.33. The number of carbonyl (C=O) groups excluding carboxylic acids is 2. The average Bonchev–Trinajstić information content (AvgIpc) is 2.98. The van der Waals surface area contributed by atoms with Gasteiger partial charge in [0.05, 0.1) is 12.3 Å².